The Kier molecular flexibility index (Phi) is 5.61. The highest BCUT2D eigenvalue weighted by molar-refractivity contribution is 5.79. The number of amides is 2. The molecular weight excluding hydrogens is 358 g/mol. The van der Waals surface area contributed by atoms with Gasteiger partial charge in [-0.2, -0.15) is 0 Å². The van der Waals surface area contributed by atoms with E-state index in [-0.39, 0.29) is 11.8 Å². The molecular formula is C19H25N7O2. The van der Waals surface area contributed by atoms with Gasteiger partial charge in [-0.05, 0) is 41.0 Å². The van der Waals surface area contributed by atoms with Crippen molar-refractivity contribution in [2.24, 2.45) is 0 Å². The van der Waals surface area contributed by atoms with Crippen LogP contribution in [0.25, 0.3) is 5.69 Å². The summed E-state index contributed by atoms with van der Waals surface area (Å²) < 4.78 is 1.58. The van der Waals surface area contributed by atoms with Crippen LogP contribution in [0.1, 0.15) is 18.4 Å². The molecule has 28 heavy (non-hydrogen) atoms. The van der Waals surface area contributed by atoms with Crippen molar-refractivity contribution in [2.75, 3.05) is 45.8 Å². The third-order valence-corrected chi connectivity index (χ3v) is 5.45. The van der Waals surface area contributed by atoms with E-state index in [1.54, 1.807) is 4.68 Å². The van der Waals surface area contributed by atoms with Gasteiger partial charge < -0.3 is 9.80 Å². The summed E-state index contributed by atoms with van der Waals surface area (Å²) in [6, 6.07) is 7.67. The maximum Gasteiger partial charge on any atom is 0.236 e. The van der Waals surface area contributed by atoms with Gasteiger partial charge in [-0.1, -0.05) is 12.1 Å². The molecule has 2 fully saturated rings. The van der Waals surface area contributed by atoms with Gasteiger partial charge in [0.05, 0.1) is 18.7 Å². The first-order chi connectivity index (χ1) is 13.7. The summed E-state index contributed by atoms with van der Waals surface area (Å²) in [5, 5.41) is 11.1. The lowest BCUT2D eigenvalue weighted by Gasteiger charge is -2.35. The number of hydrogen-bond acceptors (Lipinski definition) is 6. The molecule has 2 saturated heterocycles. The zero-order chi connectivity index (χ0) is 19.3. The van der Waals surface area contributed by atoms with Gasteiger partial charge in [0.2, 0.25) is 11.8 Å². The second-order valence-corrected chi connectivity index (χ2v) is 7.34. The fourth-order valence-corrected chi connectivity index (χ4v) is 3.75. The molecule has 4 rings (SSSR count). The van der Waals surface area contributed by atoms with Crippen LogP contribution in [-0.4, -0.2) is 92.5 Å². The SMILES string of the molecule is O=C(Cc1ccc(-n2cnnn2)cc1)N1CCN(CC(=O)N2CCCC2)CC1. The smallest absolute Gasteiger partial charge is 0.236 e. The third kappa shape index (κ3) is 4.36. The highest BCUT2D eigenvalue weighted by Gasteiger charge is 2.25. The summed E-state index contributed by atoms with van der Waals surface area (Å²) in [5.41, 5.74) is 1.82. The Hall–Kier alpha value is -2.81. The lowest BCUT2D eigenvalue weighted by Crippen LogP contribution is -2.51. The van der Waals surface area contributed by atoms with E-state index in [9.17, 15) is 9.59 Å². The van der Waals surface area contributed by atoms with Crippen molar-refractivity contribution in [2.45, 2.75) is 19.3 Å². The summed E-state index contributed by atoms with van der Waals surface area (Å²) in [5.74, 6) is 0.348. The van der Waals surface area contributed by atoms with Crippen molar-refractivity contribution in [3.63, 3.8) is 0 Å². The van der Waals surface area contributed by atoms with E-state index in [0.29, 0.717) is 26.1 Å². The Morgan fingerprint density at radius 1 is 0.857 bits per heavy atom. The number of hydrogen-bond donors (Lipinski definition) is 0. The number of rotatable bonds is 5. The first kappa shape index (κ1) is 18.5. The van der Waals surface area contributed by atoms with Crippen LogP contribution in [0.2, 0.25) is 0 Å². The predicted octanol–water partition coefficient (Wildman–Crippen LogP) is -0.0286. The van der Waals surface area contributed by atoms with Gasteiger partial charge in [0.1, 0.15) is 6.33 Å². The Labute approximate surface area is 163 Å². The topological polar surface area (TPSA) is 87.5 Å². The van der Waals surface area contributed by atoms with Crippen LogP contribution >= 0.6 is 0 Å². The minimum atomic E-state index is 0.126. The summed E-state index contributed by atoms with van der Waals surface area (Å²) in [4.78, 5) is 30.9. The average Bonchev–Trinajstić information content (AvgIpc) is 3.43. The summed E-state index contributed by atoms with van der Waals surface area (Å²) in [6.45, 7) is 5.12. The molecule has 0 N–H and O–H groups in total. The second-order valence-electron chi connectivity index (χ2n) is 7.34. The molecule has 1 aromatic carbocycles. The van der Waals surface area contributed by atoms with Gasteiger partial charge >= 0.3 is 0 Å². The minimum Gasteiger partial charge on any atom is -0.342 e. The molecule has 0 bridgehead atoms. The fourth-order valence-electron chi connectivity index (χ4n) is 3.75. The molecule has 2 amide bonds. The molecule has 1 aromatic heterocycles. The van der Waals surface area contributed by atoms with Crippen molar-refractivity contribution in [3.8, 4) is 5.69 Å². The van der Waals surface area contributed by atoms with Crippen LogP contribution in [0, 0.1) is 0 Å². The van der Waals surface area contributed by atoms with E-state index in [1.165, 1.54) is 6.33 Å². The number of benzene rings is 1. The van der Waals surface area contributed by atoms with Crippen LogP contribution in [0.5, 0.6) is 0 Å². The summed E-state index contributed by atoms with van der Waals surface area (Å²) in [6.07, 6.45) is 4.14. The van der Waals surface area contributed by atoms with Crippen molar-refractivity contribution in [3.05, 3.63) is 36.2 Å². The van der Waals surface area contributed by atoms with Gasteiger partial charge in [0, 0.05) is 39.3 Å². The van der Waals surface area contributed by atoms with Crippen molar-refractivity contribution >= 4 is 11.8 Å². The number of nitrogens with zero attached hydrogens (tertiary/aromatic N) is 7. The Bertz CT molecular complexity index is 792. The fraction of sp³-hybridized carbons (Fsp3) is 0.526. The van der Waals surface area contributed by atoms with Crippen molar-refractivity contribution in [1.29, 1.82) is 0 Å². The summed E-state index contributed by atoms with van der Waals surface area (Å²) in [7, 11) is 0. The van der Waals surface area contributed by atoms with Gasteiger partial charge in [-0.15, -0.1) is 5.10 Å². The molecule has 2 aromatic rings. The molecule has 9 nitrogen and oxygen atoms in total. The number of carbonyl (C=O) groups is 2. The van der Waals surface area contributed by atoms with Gasteiger partial charge in [-0.3, -0.25) is 14.5 Å². The Morgan fingerprint density at radius 3 is 2.18 bits per heavy atom. The quantitative estimate of drug-likeness (QED) is 0.721. The van der Waals surface area contributed by atoms with Crippen LogP contribution in [0.3, 0.4) is 0 Å². The molecule has 2 aliphatic heterocycles. The summed E-state index contributed by atoms with van der Waals surface area (Å²) >= 11 is 0. The number of carbonyl (C=O) groups excluding carboxylic acids is 2. The number of tetrazole rings is 1. The van der Waals surface area contributed by atoms with E-state index in [4.69, 9.17) is 0 Å². The Morgan fingerprint density at radius 2 is 1.54 bits per heavy atom. The predicted molar refractivity (Wildman–Crippen MR) is 102 cm³/mol. The lowest BCUT2D eigenvalue weighted by atomic mass is 10.1. The highest BCUT2D eigenvalue weighted by Crippen LogP contribution is 2.12. The number of aromatic nitrogens is 4. The van der Waals surface area contributed by atoms with E-state index in [1.807, 2.05) is 34.1 Å². The van der Waals surface area contributed by atoms with E-state index < -0.39 is 0 Å². The second kappa shape index (κ2) is 8.47. The lowest BCUT2D eigenvalue weighted by molar-refractivity contribution is -0.134. The highest BCUT2D eigenvalue weighted by atomic mass is 16.2. The molecule has 3 heterocycles. The molecule has 0 spiro atoms. The van der Waals surface area contributed by atoms with Crippen LogP contribution in [0.15, 0.2) is 30.6 Å². The monoisotopic (exact) mass is 383 g/mol. The van der Waals surface area contributed by atoms with Gasteiger partial charge in [0.15, 0.2) is 0 Å². The van der Waals surface area contributed by atoms with E-state index in [2.05, 4.69) is 20.4 Å². The molecule has 148 valence electrons. The maximum atomic E-state index is 12.6. The zero-order valence-electron chi connectivity index (χ0n) is 15.9. The third-order valence-electron chi connectivity index (χ3n) is 5.45. The minimum absolute atomic E-state index is 0.126. The first-order valence-corrected chi connectivity index (χ1v) is 9.79. The van der Waals surface area contributed by atoms with E-state index in [0.717, 1.165) is 50.3 Å². The van der Waals surface area contributed by atoms with Gasteiger partial charge in [0.25, 0.3) is 0 Å². The molecule has 0 aliphatic carbocycles. The largest absolute Gasteiger partial charge is 0.342 e. The standard InChI is InChI=1S/C19H25N7O2/c27-18(13-16-3-5-17(6-4-16)26-15-20-21-22-26)25-11-9-23(10-12-25)14-19(28)24-7-1-2-8-24/h3-6,15H,1-2,7-14H2. The van der Waals surface area contributed by atoms with E-state index >= 15 is 0 Å². The Balaban J connectivity index is 1.24. The zero-order valence-corrected chi connectivity index (χ0v) is 15.9. The number of piperazine rings is 1. The molecule has 0 radical (unpaired) electrons. The van der Waals surface area contributed by atoms with Crippen LogP contribution in [0.4, 0.5) is 0 Å². The van der Waals surface area contributed by atoms with Crippen molar-refractivity contribution < 1.29 is 9.59 Å². The van der Waals surface area contributed by atoms with Crippen LogP contribution < -0.4 is 0 Å². The molecule has 0 saturated carbocycles. The molecule has 0 unspecified atom stereocenters. The number of likely N-dealkylation sites (tertiary alicyclic amines) is 1. The molecule has 9 heteroatoms. The van der Waals surface area contributed by atoms with Gasteiger partial charge in [-0.25, -0.2) is 4.68 Å². The average molecular weight is 383 g/mol. The molecule has 0 atom stereocenters. The first-order valence-electron chi connectivity index (χ1n) is 9.79. The van der Waals surface area contributed by atoms with Crippen LogP contribution in [-0.2, 0) is 16.0 Å². The normalized spacial score (nSPS) is 17.9. The maximum absolute atomic E-state index is 12.6. The van der Waals surface area contributed by atoms with Crippen molar-refractivity contribution in [1.82, 2.24) is 34.9 Å². The molecule has 2 aliphatic rings.